The average molecular weight is 180 g/mol. The lowest BCUT2D eigenvalue weighted by atomic mass is 9.89. The Labute approximate surface area is 78.4 Å². The van der Waals surface area contributed by atoms with Gasteiger partial charge in [-0.05, 0) is 19.9 Å². The molecule has 4 heteroatoms. The summed E-state index contributed by atoms with van der Waals surface area (Å²) < 4.78 is 1.99. The average Bonchev–Trinajstić information content (AvgIpc) is 2.72. The molecule has 1 atom stereocenters. The molecule has 0 amide bonds. The minimum absolute atomic E-state index is 0.187. The number of hydrogen-bond acceptors (Lipinski definition) is 3. The summed E-state index contributed by atoms with van der Waals surface area (Å²) in [5, 5.41) is 7.57. The molecule has 1 N–H and O–H groups in total. The van der Waals surface area contributed by atoms with E-state index in [1.165, 1.54) is 0 Å². The molecule has 1 unspecified atom stereocenters. The molecule has 0 spiro atoms. The van der Waals surface area contributed by atoms with Crippen LogP contribution in [0, 0.1) is 0 Å². The van der Waals surface area contributed by atoms with Gasteiger partial charge in [-0.1, -0.05) is 6.92 Å². The van der Waals surface area contributed by atoms with Crippen molar-refractivity contribution in [2.24, 2.45) is 0 Å². The highest BCUT2D eigenvalue weighted by atomic mass is 15.3. The first-order valence-electron chi connectivity index (χ1n) is 4.85. The number of rotatable bonds is 2. The third kappa shape index (κ3) is 1.35. The summed E-state index contributed by atoms with van der Waals surface area (Å²) in [5.41, 5.74) is 0.187. The molecule has 1 aromatic heterocycles. The van der Waals surface area contributed by atoms with Crippen LogP contribution in [-0.4, -0.2) is 27.9 Å². The van der Waals surface area contributed by atoms with Gasteiger partial charge in [0.15, 0.2) is 0 Å². The van der Waals surface area contributed by atoms with Gasteiger partial charge in [0.25, 0.3) is 0 Å². The lowest BCUT2D eigenvalue weighted by molar-refractivity contribution is 0.445. The first-order valence-corrected chi connectivity index (χ1v) is 4.85. The van der Waals surface area contributed by atoms with Crippen LogP contribution in [0.5, 0.6) is 0 Å². The molecule has 0 radical (unpaired) electrons. The van der Waals surface area contributed by atoms with E-state index in [1.54, 1.807) is 6.33 Å². The van der Waals surface area contributed by atoms with Crippen molar-refractivity contribution in [1.29, 1.82) is 0 Å². The van der Waals surface area contributed by atoms with Crippen LogP contribution in [0.1, 0.15) is 26.1 Å². The highest BCUT2D eigenvalue weighted by Gasteiger charge is 2.34. The van der Waals surface area contributed by atoms with Crippen LogP contribution in [0.2, 0.25) is 0 Å². The summed E-state index contributed by atoms with van der Waals surface area (Å²) in [6.45, 7) is 7.37. The van der Waals surface area contributed by atoms with Crippen molar-refractivity contribution in [3.05, 3.63) is 12.2 Å². The van der Waals surface area contributed by atoms with E-state index in [0.717, 1.165) is 31.9 Å². The quantitative estimate of drug-likeness (QED) is 0.722. The van der Waals surface area contributed by atoms with E-state index in [0.29, 0.717) is 0 Å². The number of aromatic nitrogens is 3. The fourth-order valence-electron chi connectivity index (χ4n) is 1.97. The largest absolute Gasteiger partial charge is 0.316 e. The van der Waals surface area contributed by atoms with Crippen molar-refractivity contribution in [2.45, 2.75) is 32.2 Å². The maximum Gasteiger partial charge on any atom is 0.138 e. The minimum Gasteiger partial charge on any atom is -0.316 e. The van der Waals surface area contributed by atoms with Crippen molar-refractivity contribution < 1.29 is 0 Å². The van der Waals surface area contributed by atoms with E-state index in [9.17, 15) is 0 Å². The Hall–Kier alpha value is -0.900. The molecule has 72 valence electrons. The van der Waals surface area contributed by atoms with Crippen LogP contribution in [0.25, 0.3) is 0 Å². The predicted molar refractivity (Wildman–Crippen MR) is 50.5 cm³/mol. The standard InChI is InChI=1S/C9H16N4/c1-3-13-8(11-7-12-13)9(2)4-5-10-6-9/h7,10H,3-6H2,1-2H3. The molecule has 1 aliphatic rings. The Balaban J connectivity index is 2.32. The molecule has 2 heterocycles. The summed E-state index contributed by atoms with van der Waals surface area (Å²) in [5.74, 6) is 1.12. The Morgan fingerprint density at radius 3 is 3.15 bits per heavy atom. The van der Waals surface area contributed by atoms with E-state index < -0.39 is 0 Å². The second kappa shape index (κ2) is 3.10. The third-order valence-electron chi connectivity index (χ3n) is 2.82. The van der Waals surface area contributed by atoms with Crippen LogP contribution < -0.4 is 5.32 Å². The summed E-state index contributed by atoms with van der Waals surface area (Å²) in [4.78, 5) is 4.35. The molecular weight excluding hydrogens is 164 g/mol. The second-order valence-corrected chi connectivity index (χ2v) is 3.89. The molecule has 1 aliphatic heterocycles. The van der Waals surface area contributed by atoms with Gasteiger partial charge in [0.1, 0.15) is 12.2 Å². The molecule has 0 aromatic carbocycles. The molecule has 1 aromatic rings. The van der Waals surface area contributed by atoms with Gasteiger partial charge in [-0.3, -0.25) is 0 Å². The van der Waals surface area contributed by atoms with Crippen LogP contribution in [0.3, 0.4) is 0 Å². The first kappa shape index (κ1) is 8.69. The fraction of sp³-hybridized carbons (Fsp3) is 0.778. The zero-order chi connectivity index (χ0) is 9.31. The lowest BCUT2D eigenvalue weighted by Gasteiger charge is -2.21. The highest BCUT2D eigenvalue weighted by Crippen LogP contribution is 2.27. The van der Waals surface area contributed by atoms with Gasteiger partial charge in [0, 0.05) is 18.5 Å². The van der Waals surface area contributed by atoms with Crippen LogP contribution >= 0.6 is 0 Å². The molecule has 2 rings (SSSR count). The van der Waals surface area contributed by atoms with Crippen molar-refractivity contribution in [2.75, 3.05) is 13.1 Å². The summed E-state index contributed by atoms with van der Waals surface area (Å²) >= 11 is 0. The topological polar surface area (TPSA) is 42.7 Å². The maximum atomic E-state index is 4.35. The highest BCUT2D eigenvalue weighted by molar-refractivity contribution is 5.09. The van der Waals surface area contributed by atoms with Gasteiger partial charge in [0.2, 0.25) is 0 Å². The van der Waals surface area contributed by atoms with E-state index in [-0.39, 0.29) is 5.41 Å². The van der Waals surface area contributed by atoms with Crippen LogP contribution in [0.15, 0.2) is 6.33 Å². The SMILES string of the molecule is CCn1ncnc1C1(C)CCNC1. The molecule has 4 nitrogen and oxygen atoms in total. The van der Waals surface area contributed by atoms with Crippen LogP contribution in [-0.2, 0) is 12.0 Å². The minimum atomic E-state index is 0.187. The number of aryl methyl sites for hydroxylation is 1. The molecule has 13 heavy (non-hydrogen) atoms. The van der Waals surface area contributed by atoms with E-state index in [1.807, 2.05) is 4.68 Å². The van der Waals surface area contributed by atoms with Crippen molar-refractivity contribution in [1.82, 2.24) is 20.1 Å². The molecule has 1 saturated heterocycles. The van der Waals surface area contributed by atoms with Crippen molar-refractivity contribution in [3.63, 3.8) is 0 Å². The van der Waals surface area contributed by atoms with Gasteiger partial charge < -0.3 is 5.32 Å². The van der Waals surface area contributed by atoms with Gasteiger partial charge >= 0.3 is 0 Å². The summed E-state index contributed by atoms with van der Waals surface area (Å²) in [7, 11) is 0. The number of nitrogens with zero attached hydrogens (tertiary/aromatic N) is 3. The second-order valence-electron chi connectivity index (χ2n) is 3.89. The normalized spacial score (nSPS) is 28.2. The van der Waals surface area contributed by atoms with Crippen LogP contribution in [0.4, 0.5) is 0 Å². The zero-order valence-corrected chi connectivity index (χ0v) is 8.25. The first-order chi connectivity index (χ1) is 6.26. The molecule has 0 saturated carbocycles. The van der Waals surface area contributed by atoms with E-state index in [4.69, 9.17) is 0 Å². The Morgan fingerprint density at radius 1 is 1.69 bits per heavy atom. The fourth-order valence-corrected chi connectivity index (χ4v) is 1.97. The summed E-state index contributed by atoms with van der Waals surface area (Å²) in [6.07, 6.45) is 2.81. The zero-order valence-electron chi connectivity index (χ0n) is 8.25. The van der Waals surface area contributed by atoms with Gasteiger partial charge in [0.05, 0.1) is 0 Å². The number of hydrogen-bond donors (Lipinski definition) is 1. The van der Waals surface area contributed by atoms with Gasteiger partial charge in [-0.2, -0.15) is 5.10 Å². The van der Waals surface area contributed by atoms with Crippen molar-refractivity contribution in [3.8, 4) is 0 Å². The smallest absolute Gasteiger partial charge is 0.138 e. The molecule has 1 fully saturated rings. The Kier molecular flexibility index (Phi) is 2.07. The van der Waals surface area contributed by atoms with Gasteiger partial charge in [-0.15, -0.1) is 0 Å². The third-order valence-corrected chi connectivity index (χ3v) is 2.82. The summed E-state index contributed by atoms with van der Waals surface area (Å²) in [6, 6.07) is 0. The maximum absolute atomic E-state index is 4.35. The molecule has 0 aliphatic carbocycles. The van der Waals surface area contributed by atoms with E-state index >= 15 is 0 Å². The molecule has 0 bridgehead atoms. The predicted octanol–water partition coefficient (Wildman–Crippen LogP) is 0.549. The Bertz CT molecular complexity index is 286. The van der Waals surface area contributed by atoms with Crippen molar-refractivity contribution >= 4 is 0 Å². The Morgan fingerprint density at radius 2 is 2.54 bits per heavy atom. The lowest BCUT2D eigenvalue weighted by Crippen LogP contribution is -2.29. The van der Waals surface area contributed by atoms with Gasteiger partial charge in [-0.25, -0.2) is 9.67 Å². The molecular formula is C9H16N4. The van der Waals surface area contributed by atoms with E-state index in [2.05, 4.69) is 29.2 Å². The monoisotopic (exact) mass is 180 g/mol. The number of nitrogens with one attached hydrogen (secondary N) is 1.